The lowest BCUT2D eigenvalue weighted by atomic mass is 10.0. The van der Waals surface area contributed by atoms with Gasteiger partial charge in [0, 0.05) is 11.1 Å². The second-order valence-electron chi connectivity index (χ2n) is 2.82. The molecule has 0 atom stereocenters. The minimum absolute atomic E-state index is 0.150. The summed E-state index contributed by atoms with van der Waals surface area (Å²) in [6.45, 7) is 0. The van der Waals surface area contributed by atoms with Gasteiger partial charge in [0.2, 0.25) is 0 Å². The van der Waals surface area contributed by atoms with Gasteiger partial charge in [-0.2, -0.15) is 10.5 Å². The Balaban J connectivity index is 3.36. The monoisotopic (exact) mass is 200 g/mol. The molecule has 0 heterocycles. The SMILES string of the molecule is COc1cc(C=O)c(C#N)cc1CC#N. The van der Waals surface area contributed by atoms with Gasteiger partial charge in [-0.3, -0.25) is 4.79 Å². The zero-order chi connectivity index (χ0) is 11.3. The molecule has 74 valence electrons. The van der Waals surface area contributed by atoms with Crippen LogP contribution in [0.1, 0.15) is 21.5 Å². The molecule has 4 heteroatoms. The fourth-order valence-electron chi connectivity index (χ4n) is 1.25. The third-order valence-electron chi connectivity index (χ3n) is 1.97. The molecule has 1 aromatic carbocycles. The minimum atomic E-state index is 0.150. The first-order valence-electron chi connectivity index (χ1n) is 4.20. The smallest absolute Gasteiger partial charge is 0.151 e. The fourth-order valence-corrected chi connectivity index (χ4v) is 1.25. The van der Waals surface area contributed by atoms with Crippen molar-refractivity contribution in [3.63, 3.8) is 0 Å². The van der Waals surface area contributed by atoms with Crippen LogP contribution >= 0.6 is 0 Å². The number of nitriles is 2. The van der Waals surface area contributed by atoms with Crippen LogP contribution in [-0.2, 0) is 6.42 Å². The Morgan fingerprint density at radius 3 is 2.67 bits per heavy atom. The minimum Gasteiger partial charge on any atom is -0.496 e. The molecule has 0 saturated heterocycles. The van der Waals surface area contributed by atoms with Crippen LogP contribution in [0.15, 0.2) is 12.1 Å². The Hall–Kier alpha value is -2.33. The lowest BCUT2D eigenvalue weighted by molar-refractivity contribution is 0.112. The molecule has 0 aliphatic carbocycles. The third-order valence-corrected chi connectivity index (χ3v) is 1.97. The highest BCUT2D eigenvalue weighted by atomic mass is 16.5. The number of hydrogen-bond donors (Lipinski definition) is 0. The van der Waals surface area contributed by atoms with Crippen molar-refractivity contribution in [2.75, 3.05) is 7.11 Å². The highest BCUT2D eigenvalue weighted by Gasteiger charge is 2.09. The highest BCUT2D eigenvalue weighted by Crippen LogP contribution is 2.22. The number of carbonyl (C=O) groups excluding carboxylic acids is 1. The molecule has 15 heavy (non-hydrogen) atoms. The Morgan fingerprint density at radius 1 is 1.47 bits per heavy atom. The molecule has 0 spiro atoms. The van der Waals surface area contributed by atoms with E-state index in [-0.39, 0.29) is 17.5 Å². The number of benzene rings is 1. The number of aldehydes is 1. The first-order valence-corrected chi connectivity index (χ1v) is 4.20. The summed E-state index contributed by atoms with van der Waals surface area (Å²) in [5, 5.41) is 17.3. The Bertz CT molecular complexity index is 467. The van der Waals surface area contributed by atoms with Gasteiger partial charge in [-0.15, -0.1) is 0 Å². The van der Waals surface area contributed by atoms with Crippen LogP contribution in [0, 0.1) is 22.7 Å². The number of rotatable bonds is 3. The Labute approximate surface area is 87.3 Å². The molecule has 1 aromatic rings. The Morgan fingerprint density at radius 2 is 2.20 bits per heavy atom. The van der Waals surface area contributed by atoms with E-state index in [0.717, 1.165) is 0 Å². The summed E-state index contributed by atoms with van der Waals surface area (Å²) in [6, 6.07) is 6.85. The lowest BCUT2D eigenvalue weighted by Gasteiger charge is -2.07. The zero-order valence-electron chi connectivity index (χ0n) is 8.15. The summed E-state index contributed by atoms with van der Waals surface area (Å²) >= 11 is 0. The van der Waals surface area contributed by atoms with Crippen molar-refractivity contribution in [3.8, 4) is 17.9 Å². The van der Waals surface area contributed by atoms with E-state index in [4.69, 9.17) is 15.3 Å². The highest BCUT2D eigenvalue weighted by molar-refractivity contribution is 5.80. The van der Waals surface area contributed by atoms with E-state index < -0.39 is 0 Å². The van der Waals surface area contributed by atoms with E-state index in [1.807, 2.05) is 12.1 Å². The predicted molar refractivity (Wildman–Crippen MR) is 52.4 cm³/mol. The molecule has 0 aromatic heterocycles. The van der Waals surface area contributed by atoms with Crippen LogP contribution < -0.4 is 4.74 Å². The quantitative estimate of drug-likeness (QED) is 0.692. The number of methoxy groups -OCH3 is 1. The van der Waals surface area contributed by atoms with Gasteiger partial charge in [0.1, 0.15) is 5.75 Å². The zero-order valence-corrected chi connectivity index (χ0v) is 8.15. The molecule has 0 fully saturated rings. The number of ether oxygens (including phenoxy) is 1. The van der Waals surface area contributed by atoms with Gasteiger partial charge in [0.05, 0.1) is 31.2 Å². The summed E-state index contributed by atoms with van der Waals surface area (Å²) in [4.78, 5) is 10.7. The van der Waals surface area contributed by atoms with Crippen LogP contribution in [0.5, 0.6) is 5.75 Å². The normalized spacial score (nSPS) is 8.73. The van der Waals surface area contributed by atoms with E-state index in [0.29, 0.717) is 17.6 Å². The lowest BCUT2D eigenvalue weighted by Crippen LogP contribution is -1.96. The second kappa shape index (κ2) is 4.78. The van der Waals surface area contributed by atoms with E-state index in [2.05, 4.69) is 0 Å². The maximum absolute atomic E-state index is 10.7. The maximum Gasteiger partial charge on any atom is 0.151 e. The van der Waals surface area contributed by atoms with Gasteiger partial charge in [-0.05, 0) is 12.1 Å². The molecular formula is C11H8N2O2. The van der Waals surface area contributed by atoms with Crippen molar-refractivity contribution in [1.82, 2.24) is 0 Å². The first kappa shape index (κ1) is 10.7. The standard InChI is InChI=1S/C11H8N2O2/c1-15-11-5-10(7-14)9(6-13)4-8(11)2-3-12/h4-5,7H,2H2,1H3. The molecule has 0 N–H and O–H groups in total. The summed E-state index contributed by atoms with van der Waals surface area (Å²) in [7, 11) is 1.46. The van der Waals surface area contributed by atoms with Crippen molar-refractivity contribution in [1.29, 1.82) is 10.5 Å². The molecule has 1 rings (SSSR count). The molecule has 4 nitrogen and oxygen atoms in total. The number of hydrogen-bond acceptors (Lipinski definition) is 4. The molecule has 0 aliphatic rings. The van der Waals surface area contributed by atoms with Crippen LogP contribution in [0.25, 0.3) is 0 Å². The van der Waals surface area contributed by atoms with E-state index in [1.165, 1.54) is 19.2 Å². The molecule has 0 unspecified atom stereocenters. The summed E-state index contributed by atoms with van der Waals surface area (Å²) < 4.78 is 5.02. The molecule has 0 amide bonds. The van der Waals surface area contributed by atoms with Crippen molar-refractivity contribution in [2.24, 2.45) is 0 Å². The van der Waals surface area contributed by atoms with Gasteiger partial charge in [-0.25, -0.2) is 0 Å². The van der Waals surface area contributed by atoms with Crippen molar-refractivity contribution >= 4 is 6.29 Å². The maximum atomic E-state index is 10.7. The van der Waals surface area contributed by atoms with Gasteiger partial charge >= 0.3 is 0 Å². The first-order chi connectivity index (χ1) is 7.26. The van der Waals surface area contributed by atoms with E-state index in [1.54, 1.807) is 0 Å². The van der Waals surface area contributed by atoms with Crippen LogP contribution in [-0.4, -0.2) is 13.4 Å². The van der Waals surface area contributed by atoms with E-state index >= 15 is 0 Å². The number of carbonyl (C=O) groups is 1. The topological polar surface area (TPSA) is 73.9 Å². The Kier molecular flexibility index (Phi) is 3.43. The second-order valence-corrected chi connectivity index (χ2v) is 2.82. The fraction of sp³-hybridized carbons (Fsp3) is 0.182. The van der Waals surface area contributed by atoms with Crippen molar-refractivity contribution < 1.29 is 9.53 Å². The summed E-state index contributed by atoms with van der Waals surface area (Å²) in [5.74, 6) is 0.456. The number of nitrogens with zero attached hydrogens (tertiary/aromatic N) is 2. The summed E-state index contributed by atoms with van der Waals surface area (Å²) in [5.41, 5.74) is 1.15. The molecule has 0 saturated carbocycles. The van der Waals surface area contributed by atoms with Gasteiger partial charge in [0.25, 0.3) is 0 Å². The predicted octanol–water partition coefficient (Wildman–Crippen LogP) is 1.45. The van der Waals surface area contributed by atoms with Crippen LogP contribution in [0.3, 0.4) is 0 Å². The van der Waals surface area contributed by atoms with E-state index in [9.17, 15) is 4.79 Å². The molecular weight excluding hydrogens is 192 g/mol. The van der Waals surface area contributed by atoms with Gasteiger partial charge in [-0.1, -0.05) is 0 Å². The van der Waals surface area contributed by atoms with Crippen molar-refractivity contribution in [3.05, 3.63) is 28.8 Å². The summed E-state index contributed by atoms with van der Waals surface area (Å²) in [6.07, 6.45) is 0.744. The van der Waals surface area contributed by atoms with Crippen LogP contribution in [0.2, 0.25) is 0 Å². The van der Waals surface area contributed by atoms with Gasteiger partial charge < -0.3 is 4.74 Å². The largest absolute Gasteiger partial charge is 0.496 e. The average molecular weight is 200 g/mol. The molecule has 0 radical (unpaired) electrons. The van der Waals surface area contributed by atoms with Gasteiger partial charge in [0.15, 0.2) is 6.29 Å². The molecule has 0 bridgehead atoms. The van der Waals surface area contributed by atoms with Crippen LogP contribution in [0.4, 0.5) is 0 Å². The third kappa shape index (κ3) is 2.12. The average Bonchev–Trinajstić information content (AvgIpc) is 2.28. The van der Waals surface area contributed by atoms with Crippen molar-refractivity contribution in [2.45, 2.75) is 6.42 Å². The molecule has 0 aliphatic heterocycles.